The van der Waals surface area contributed by atoms with E-state index in [1.807, 2.05) is 20.0 Å². The average molecular weight is 491 g/mol. The molecule has 2 unspecified atom stereocenters. The predicted octanol–water partition coefficient (Wildman–Crippen LogP) is 2.24. The van der Waals surface area contributed by atoms with Gasteiger partial charge in [-0.2, -0.15) is 0 Å². The van der Waals surface area contributed by atoms with Gasteiger partial charge >= 0.3 is 0 Å². The zero-order chi connectivity index (χ0) is 18.6. The number of aryl methyl sites for hydroxylation is 1. The van der Waals surface area contributed by atoms with Crippen molar-refractivity contribution in [1.82, 2.24) is 20.3 Å². The second-order valence-electron chi connectivity index (χ2n) is 8.01. The third-order valence-corrected chi connectivity index (χ3v) is 5.88. The van der Waals surface area contributed by atoms with Crippen molar-refractivity contribution in [3.8, 4) is 0 Å². The number of nitrogens with zero attached hydrogens (tertiary/aromatic N) is 4. The standard InChI is InChI=1S/C19H33N5O2.HI/c1-15-12-16(22-26-15)13-23-8-10-24(11-9-23)18(20-3)21-14-19(2)7-5-4-6-17(19)25;/h12,17,25H,4-11,13-14H2,1-3H3,(H,20,21);1H. The highest BCUT2D eigenvalue weighted by molar-refractivity contribution is 14.0. The molecule has 2 heterocycles. The van der Waals surface area contributed by atoms with Crippen molar-refractivity contribution in [3.05, 3.63) is 17.5 Å². The Labute approximate surface area is 179 Å². The van der Waals surface area contributed by atoms with E-state index in [-0.39, 0.29) is 35.5 Å². The van der Waals surface area contributed by atoms with Crippen molar-refractivity contribution in [3.63, 3.8) is 0 Å². The predicted molar refractivity (Wildman–Crippen MR) is 117 cm³/mol. The molecule has 1 aliphatic heterocycles. The van der Waals surface area contributed by atoms with E-state index in [1.165, 1.54) is 6.42 Å². The highest BCUT2D eigenvalue weighted by Crippen LogP contribution is 2.35. The number of aromatic nitrogens is 1. The fourth-order valence-electron chi connectivity index (χ4n) is 4.04. The van der Waals surface area contributed by atoms with Gasteiger partial charge in [0.25, 0.3) is 0 Å². The number of hydrogen-bond donors (Lipinski definition) is 2. The summed E-state index contributed by atoms with van der Waals surface area (Å²) in [6.45, 7) is 9.56. The molecule has 27 heavy (non-hydrogen) atoms. The summed E-state index contributed by atoms with van der Waals surface area (Å²) in [5.74, 6) is 1.81. The van der Waals surface area contributed by atoms with Crippen LogP contribution < -0.4 is 5.32 Å². The van der Waals surface area contributed by atoms with Gasteiger partial charge in [-0.25, -0.2) is 0 Å². The highest BCUT2D eigenvalue weighted by atomic mass is 127. The van der Waals surface area contributed by atoms with Crippen LogP contribution in [0.4, 0.5) is 0 Å². The molecule has 3 rings (SSSR count). The van der Waals surface area contributed by atoms with E-state index in [0.717, 1.165) is 75.9 Å². The normalized spacial score (nSPS) is 27.3. The first-order valence-electron chi connectivity index (χ1n) is 9.78. The molecule has 0 bridgehead atoms. The summed E-state index contributed by atoms with van der Waals surface area (Å²) in [6, 6.07) is 2.00. The molecule has 0 amide bonds. The van der Waals surface area contributed by atoms with E-state index in [4.69, 9.17) is 4.52 Å². The van der Waals surface area contributed by atoms with E-state index in [1.54, 1.807) is 0 Å². The smallest absolute Gasteiger partial charge is 0.193 e. The quantitative estimate of drug-likeness (QED) is 0.382. The van der Waals surface area contributed by atoms with Gasteiger partial charge in [-0.15, -0.1) is 24.0 Å². The molecule has 7 nitrogen and oxygen atoms in total. The highest BCUT2D eigenvalue weighted by Gasteiger charge is 2.35. The molecule has 2 aliphatic rings. The maximum absolute atomic E-state index is 10.4. The molecule has 1 saturated heterocycles. The third-order valence-electron chi connectivity index (χ3n) is 5.88. The number of aliphatic hydroxyl groups excluding tert-OH is 1. The van der Waals surface area contributed by atoms with Gasteiger partial charge in [0.15, 0.2) is 5.96 Å². The summed E-state index contributed by atoms with van der Waals surface area (Å²) in [5.41, 5.74) is 0.943. The molecule has 1 aromatic rings. The summed E-state index contributed by atoms with van der Waals surface area (Å²) < 4.78 is 5.15. The second kappa shape index (κ2) is 10.1. The average Bonchev–Trinajstić information content (AvgIpc) is 3.04. The Kier molecular flexibility index (Phi) is 8.36. The molecular formula is C19H34IN5O2. The van der Waals surface area contributed by atoms with E-state index in [0.29, 0.717) is 0 Å². The van der Waals surface area contributed by atoms with Gasteiger partial charge in [0.1, 0.15) is 5.76 Å². The Hall–Kier alpha value is -0.870. The fourth-order valence-corrected chi connectivity index (χ4v) is 4.04. The molecule has 1 saturated carbocycles. The number of halogens is 1. The number of rotatable bonds is 4. The van der Waals surface area contributed by atoms with Crippen molar-refractivity contribution in [2.45, 2.75) is 52.2 Å². The van der Waals surface area contributed by atoms with Gasteiger partial charge < -0.3 is 19.8 Å². The number of aliphatic imine (C=N–C) groups is 1. The molecule has 2 N–H and O–H groups in total. The van der Waals surface area contributed by atoms with Crippen molar-refractivity contribution in [2.75, 3.05) is 39.8 Å². The summed E-state index contributed by atoms with van der Waals surface area (Å²) >= 11 is 0. The van der Waals surface area contributed by atoms with Gasteiger partial charge in [0, 0.05) is 57.8 Å². The minimum Gasteiger partial charge on any atom is -0.392 e. The van der Waals surface area contributed by atoms with Crippen LogP contribution in [0.1, 0.15) is 44.1 Å². The Morgan fingerprint density at radius 3 is 2.70 bits per heavy atom. The number of hydrogen-bond acceptors (Lipinski definition) is 5. The minimum atomic E-state index is -0.218. The van der Waals surface area contributed by atoms with Crippen LogP contribution in [0, 0.1) is 12.3 Å². The molecule has 1 aromatic heterocycles. The first kappa shape index (κ1) is 22.4. The summed E-state index contributed by atoms with van der Waals surface area (Å²) in [7, 11) is 1.84. The Morgan fingerprint density at radius 2 is 2.11 bits per heavy atom. The van der Waals surface area contributed by atoms with Crippen molar-refractivity contribution in [2.24, 2.45) is 10.4 Å². The third kappa shape index (κ3) is 5.80. The molecule has 1 aliphatic carbocycles. The van der Waals surface area contributed by atoms with Crippen LogP contribution in [0.25, 0.3) is 0 Å². The Balaban J connectivity index is 0.00000261. The molecule has 154 valence electrons. The second-order valence-corrected chi connectivity index (χ2v) is 8.01. The first-order chi connectivity index (χ1) is 12.5. The van der Waals surface area contributed by atoms with Crippen LogP contribution in [0.15, 0.2) is 15.6 Å². The van der Waals surface area contributed by atoms with Gasteiger partial charge in [0.2, 0.25) is 0 Å². The Bertz CT molecular complexity index is 615. The van der Waals surface area contributed by atoms with E-state index in [2.05, 4.69) is 32.2 Å². The molecule has 2 fully saturated rings. The lowest BCUT2D eigenvalue weighted by Gasteiger charge is -2.41. The summed E-state index contributed by atoms with van der Waals surface area (Å²) in [4.78, 5) is 9.17. The molecule has 0 spiro atoms. The van der Waals surface area contributed by atoms with E-state index >= 15 is 0 Å². The minimum absolute atomic E-state index is 0. The van der Waals surface area contributed by atoms with Crippen LogP contribution in [0.3, 0.4) is 0 Å². The first-order valence-corrected chi connectivity index (χ1v) is 9.78. The van der Waals surface area contributed by atoms with Gasteiger partial charge in [-0.3, -0.25) is 9.89 Å². The lowest BCUT2D eigenvalue weighted by Crippen LogP contribution is -2.54. The Morgan fingerprint density at radius 1 is 1.37 bits per heavy atom. The SMILES string of the molecule is CN=C(NCC1(C)CCCCC1O)N1CCN(Cc2cc(C)on2)CC1.I. The van der Waals surface area contributed by atoms with Crippen LogP contribution in [0.5, 0.6) is 0 Å². The topological polar surface area (TPSA) is 77.1 Å². The van der Waals surface area contributed by atoms with Crippen LogP contribution in [-0.4, -0.2) is 71.9 Å². The molecular weight excluding hydrogens is 457 g/mol. The number of piperazine rings is 1. The molecule has 8 heteroatoms. The zero-order valence-electron chi connectivity index (χ0n) is 16.8. The van der Waals surface area contributed by atoms with Crippen LogP contribution >= 0.6 is 24.0 Å². The number of guanidine groups is 1. The molecule has 2 atom stereocenters. The fraction of sp³-hybridized carbons (Fsp3) is 0.789. The maximum Gasteiger partial charge on any atom is 0.193 e. The van der Waals surface area contributed by atoms with Crippen molar-refractivity contribution in [1.29, 1.82) is 0 Å². The van der Waals surface area contributed by atoms with Crippen molar-refractivity contribution >= 4 is 29.9 Å². The summed E-state index contributed by atoms with van der Waals surface area (Å²) in [6.07, 6.45) is 4.11. The van der Waals surface area contributed by atoms with Crippen LogP contribution in [0.2, 0.25) is 0 Å². The van der Waals surface area contributed by atoms with Crippen molar-refractivity contribution < 1.29 is 9.63 Å². The molecule has 0 aromatic carbocycles. The number of nitrogens with one attached hydrogen (secondary N) is 1. The maximum atomic E-state index is 10.4. The summed E-state index contributed by atoms with van der Waals surface area (Å²) in [5, 5.41) is 18.0. The lowest BCUT2D eigenvalue weighted by atomic mass is 9.73. The van der Waals surface area contributed by atoms with Gasteiger partial charge in [-0.05, 0) is 19.8 Å². The monoisotopic (exact) mass is 491 g/mol. The van der Waals surface area contributed by atoms with Gasteiger partial charge in [0.05, 0.1) is 11.8 Å². The number of aliphatic hydroxyl groups is 1. The molecule has 0 radical (unpaired) electrons. The lowest BCUT2D eigenvalue weighted by molar-refractivity contribution is 0.00350. The van der Waals surface area contributed by atoms with E-state index in [9.17, 15) is 5.11 Å². The van der Waals surface area contributed by atoms with E-state index < -0.39 is 0 Å². The largest absolute Gasteiger partial charge is 0.392 e. The van der Waals surface area contributed by atoms with Crippen LogP contribution in [-0.2, 0) is 6.54 Å². The van der Waals surface area contributed by atoms with Gasteiger partial charge in [-0.1, -0.05) is 24.9 Å². The zero-order valence-corrected chi connectivity index (χ0v) is 19.1.